The second kappa shape index (κ2) is 7.77. The van der Waals surface area contributed by atoms with Crippen LogP contribution in [0.25, 0.3) is 17.1 Å². The smallest absolute Gasteiger partial charge is 0.248 e. The molecule has 0 atom stereocenters. The predicted octanol–water partition coefficient (Wildman–Crippen LogP) is 3.10. The standard InChI is InChI=1S/C18H17N5O4S/c1-24-12-8-11(9-13(25-2)16(12)26-3)17-21-20-15(27-17)10-28-18-22-19-14-6-4-5-7-23(14)18/h4-9H,10H2,1-3H3. The lowest BCUT2D eigenvalue weighted by atomic mass is 10.2. The van der Waals surface area contributed by atoms with E-state index in [1.807, 2.05) is 28.8 Å². The maximum atomic E-state index is 5.80. The molecule has 0 aliphatic carbocycles. The Hall–Kier alpha value is -3.27. The van der Waals surface area contributed by atoms with E-state index >= 15 is 0 Å². The molecule has 0 N–H and O–H groups in total. The van der Waals surface area contributed by atoms with Gasteiger partial charge in [0.15, 0.2) is 22.3 Å². The summed E-state index contributed by atoms with van der Waals surface area (Å²) in [5, 5.41) is 17.3. The zero-order valence-electron chi connectivity index (χ0n) is 15.4. The number of hydrogen-bond donors (Lipinski definition) is 0. The van der Waals surface area contributed by atoms with E-state index in [0.29, 0.717) is 40.3 Å². The second-order valence-corrected chi connectivity index (χ2v) is 6.56. The van der Waals surface area contributed by atoms with Crippen LogP contribution < -0.4 is 14.2 Å². The molecule has 0 spiro atoms. The van der Waals surface area contributed by atoms with Gasteiger partial charge in [0.25, 0.3) is 0 Å². The van der Waals surface area contributed by atoms with E-state index in [2.05, 4.69) is 20.4 Å². The number of ether oxygens (including phenoxy) is 3. The van der Waals surface area contributed by atoms with Crippen LogP contribution in [-0.4, -0.2) is 46.1 Å². The predicted molar refractivity (Wildman–Crippen MR) is 102 cm³/mol. The van der Waals surface area contributed by atoms with E-state index in [0.717, 1.165) is 10.8 Å². The topological polar surface area (TPSA) is 96.8 Å². The monoisotopic (exact) mass is 399 g/mol. The van der Waals surface area contributed by atoms with Crippen LogP contribution in [0.4, 0.5) is 0 Å². The van der Waals surface area contributed by atoms with E-state index < -0.39 is 0 Å². The molecular formula is C18H17N5O4S. The average Bonchev–Trinajstić information content (AvgIpc) is 3.38. The highest BCUT2D eigenvalue weighted by Crippen LogP contribution is 2.41. The number of methoxy groups -OCH3 is 3. The molecule has 0 fully saturated rings. The fraction of sp³-hybridized carbons (Fsp3) is 0.222. The molecule has 0 bridgehead atoms. The summed E-state index contributed by atoms with van der Waals surface area (Å²) in [6.07, 6.45) is 1.91. The first-order chi connectivity index (χ1) is 13.7. The number of rotatable bonds is 7. The van der Waals surface area contributed by atoms with Crippen LogP contribution in [0.1, 0.15) is 5.89 Å². The van der Waals surface area contributed by atoms with Gasteiger partial charge in [-0.25, -0.2) is 0 Å². The van der Waals surface area contributed by atoms with Crippen LogP contribution in [0.3, 0.4) is 0 Å². The number of fused-ring (bicyclic) bond motifs is 1. The highest BCUT2D eigenvalue weighted by atomic mass is 32.2. The lowest BCUT2D eigenvalue weighted by Gasteiger charge is -2.12. The zero-order chi connectivity index (χ0) is 19.5. The molecule has 0 saturated heterocycles. The van der Waals surface area contributed by atoms with E-state index in [-0.39, 0.29) is 0 Å². The fourth-order valence-electron chi connectivity index (χ4n) is 2.68. The minimum absolute atomic E-state index is 0.362. The van der Waals surface area contributed by atoms with Crippen molar-refractivity contribution in [2.75, 3.05) is 21.3 Å². The summed E-state index contributed by atoms with van der Waals surface area (Å²) in [5.41, 5.74) is 1.46. The fourth-order valence-corrected chi connectivity index (χ4v) is 3.44. The van der Waals surface area contributed by atoms with Crippen molar-refractivity contribution in [3.63, 3.8) is 0 Å². The summed E-state index contributed by atoms with van der Waals surface area (Å²) < 4.78 is 23.8. The van der Waals surface area contributed by atoms with E-state index in [1.54, 1.807) is 33.5 Å². The highest BCUT2D eigenvalue weighted by molar-refractivity contribution is 7.98. The third kappa shape index (κ3) is 3.33. The van der Waals surface area contributed by atoms with Crippen molar-refractivity contribution in [1.82, 2.24) is 24.8 Å². The number of thioether (sulfide) groups is 1. The molecule has 4 aromatic rings. The highest BCUT2D eigenvalue weighted by Gasteiger charge is 2.18. The Morgan fingerprint density at radius 1 is 0.964 bits per heavy atom. The molecule has 4 rings (SSSR count). The van der Waals surface area contributed by atoms with Crippen LogP contribution in [0, 0.1) is 0 Å². The van der Waals surface area contributed by atoms with Crippen molar-refractivity contribution < 1.29 is 18.6 Å². The van der Waals surface area contributed by atoms with Crippen molar-refractivity contribution in [1.29, 1.82) is 0 Å². The summed E-state index contributed by atoms with van der Waals surface area (Å²) in [4.78, 5) is 0. The minimum atomic E-state index is 0.362. The maximum absolute atomic E-state index is 5.80. The van der Waals surface area contributed by atoms with Gasteiger partial charge >= 0.3 is 0 Å². The molecule has 0 aliphatic rings. The third-order valence-corrected chi connectivity index (χ3v) is 4.91. The number of benzene rings is 1. The van der Waals surface area contributed by atoms with Crippen LogP contribution in [0.15, 0.2) is 46.1 Å². The first-order valence-corrected chi connectivity index (χ1v) is 9.27. The van der Waals surface area contributed by atoms with Crippen molar-refractivity contribution in [3.8, 4) is 28.7 Å². The quantitative estimate of drug-likeness (QED) is 0.434. The first kappa shape index (κ1) is 18.1. The molecule has 0 unspecified atom stereocenters. The molecule has 3 aromatic heterocycles. The third-order valence-electron chi connectivity index (χ3n) is 3.99. The number of aromatic nitrogens is 5. The van der Waals surface area contributed by atoms with Crippen LogP contribution in [-0.2, 0) is 5.75 Å². The van der Waals surface area contributed by atoms with Crippen LogP contribution in [0.2, 0.25) is 0 Å². The minimum Gasteiger partial charge on any atom is -0.493 e. The lowest BCUT2D eigenvalue weighted by Crippen LogP contribution is -1.95. The van der Waals surface area contributed by atoms with E-state index in [4.69, 9.17) is 18.6 Å². The van der Waals surface area contributed by atoms with Crippen LogP contribution in [0.5, 0.6) is 17.2 Å². The molecule has 28 heavy (non-hydrogen) atoms. The molecule has 0 amide bonds. The Bertz CT molecular complexity index is 1090. The van der Waals surface area contributed by atoms with E-state index in [9.17, 15) is 0 Å². The molecule has 0 aliphatic heterocycles. The maximum Gasteiger partial charge on any atom is 0.248 e. The van der Waals surface area contributed by atoms with Crippen LogP contribution >= 0.6 is 11.8 Å². The average molecular weight is 399 g/mol. The SMILES string of the molecule is COc1cc(-c2nnc(CSc3nnc4ccccn34)o2)cc(OC)c1OC. The van der Waals surface area contributed by atoms with Gasteiger partial charge in [-0.2, -0.15) is 0 Å². The largest absolute Gasteiger partial charge is 0.493 e. The zero-order valence-corrected chi connectivity index (χ0v) is 16.3. The molecule has 10 heteroatoms. The second-order valence-electron chi connectivity index (χ2n) is 5.62. The Morgan fingerprint density at radius 3 is 2.46 bits per heavy atom. The normalized spacial score (nSPS) is 11.0. The molecule has 0 saturated carbocycles. The van der Waals surface area contributed by atoms with Crippen molar-refractivity contribution in [3.05, 3.63) is 42.4 Å². The molecule has 9 nitrogen and oxygen atoms in total. The summed E-state index contributed by atoms with van der Waals surface area (Å²) >= 11 is 1.46. The van der Waals surface area contributed by atoms with E-state index in [1.165, 1.54) is 11.8 Å². The molecule has 144 valence electrons. The Balaban J connectivity index is 1.56. The molecule has 1 aromatic carbocycles. The van der Waals surface area contributed by atoms with Gasteiger partial charge in [-0.1, -0.05) is 17.8 Å². The number of pyridine rings is 1. The van der Waals surface area contributed by atoms with Gasteiger partial charge < -0.3 is 18.6 Å². The summed E-state index contributed by atoms with van der Waals surface area (Å²) in [6, 6.07) is 9.26. The van der Waals surface area contributed by atoms with Gasteiger partial charge in [0, 0.05) is 11.8 Å². The summed E-state index contributed by atoms with van der Waals surface area (Å²) in [7, 11) is 4.66. The Kier molecular flexibility index (Phi) is 5.02. The Labute approximate surface area is 164 Å². The molecule has 3 heterocycles. The van der Waals surface area contributed by atoms with Gasteiger partial charge in [-0.15, -0.1) is 20.4 Å². The molecular weight excluding hydrogens is 382 g/mol. The summed E-state index contributed by atoms with van der Waals surface area (Å²) in [5.74, 6) is 2.83. The Morgan fingerprint density at radius 2 is 1.75 bits per heavy atom. The summed E-state index contributed by atoms with van der Waals surface area (Å²) in [6.45, 7) is 0. The first-order valence-electron chi connectivity index (χ1n) is 8.28. The van der Waals surface area contributed by atoms with Gasteiger partial charge in [-0.05, 0) is 24.3 Å². The number of hydrogen-bond acceptors (Lipinski definition) is 9. The number of nitrogens with zero attached hydrogens (tertiary/aromatic N) is 5. The lowest BCUT2D eigenvalue weighted by molar-refractivity contribution is 0.324. The van der Waals surface area contributed by atoms with Gasteiger partial charge in [0.1, 0.15) is 0 Å². The van der Waals surface area contributed by atoms with Gasteiger partial charge in [-0.3, -0.25) is 4.40 Å². The van der Waals surface area contributed by atoms with Gasteiger partial charge in [0.2, 0.25) is 17.5 Å². The molecule has 0 radical (unpaired) electrons. The van der Waals surface area contributed by atoms with Gasteiger partial charge in [0.05, 0.1) is 27.1 Å². The van der Waals surface area contributed by atoms with Crippen molar-refractivity contribution in [2.24, 2.45) is 0 Å². The van der Waals surface area contributed by atoms with Crippen molar-refractivity contribution >= 4 is 17.4 Å². The van der Waals surface area contributed by atoms with Crippen molar-refractivity contribution in [2.45, 2.75) is 10.9 Å².